The van der Waals surface area contributed by atoms with Crippen LogP contribution in [0.15, 0.2) is 64.5 Å². The fourth-order valence-corrected chi connectivity index (χ4v) is 4.99. The molecule has 0 saturated heterocycles. The van der Waals surface area contributed by atoms with Crippen molar-refractivity contribution in [3.8, 4) is 5.75 Å². The Labute approximate surface area is 239 Å². The highest BCUT2D eigenvalue weighted by atomic mass is 16.3. The molecule has 0 fully saturated rings. The number of benzene rings is 1. The molecule has 1 aromatic carbocycles. The Morgan fingerprint density at radius 2 is 1.02 bits per heavy atom. The van der Waals surface area contributed by atoms with Crippen molar-refractivity contribution in [3.63, 3.8) is 0 Å². The molecule has 40 heavy (non-hydrogen) atoms. The normalized spacial score (nSPS) is 18.8. The standard InChI is InChI=1S/C35H44O5/c1-32(2,3)22-13-19(14-23(29(22)38)33(4,5)6)28(20-15-24(34(7,8)9)30(39)26(36)17-20)21-16-25(35(10,11)12)31(40)27(37)18-21/h13-18,36,38H,1-12H3/p-2. The maximum Gasteiger partial charge on any atom is 0.229 e. The SMILES string of the molecule is CC(C)(C)C1=CC(C(=C2C=C([O-])C(=O)C(C(C)(C)C)=C2)c2cc(C(C)(C)C)c([O-])c(C(C)(C)C)c2)=CC(=O)C1=O. The molecule has 0 bridgehead atoms. The Morgan fingerprint density at radius 3 is 1.45 bits per heavy atom. The fourth-order valence-electron chi connectivity index (χ4n) is 4.99. The van der Waals surface area contributed by atoms with E-state index in [9.17, 15) is 24.6 Å². The minimum absolute atomic E-state index is 0.0484. The van der Waals surface area contributed by atoms with E-state index in [4.69, 9.17) is 0 Å². The summed E-state index contributed by atoms with van der Waals surface area (Å²) in [5.41, 5.74) is 1.83. The number of ketones is 3. The maximum absolute atomic E-state index is 13.7. The van der Waals surface area contributed by atoms with Crippen LogP contribution in [0.1, 0.15) is 99.8 Å². The first kappa shape index (κ1) is 31.1. The van der Waals surface area contributed by atoms with E-state index >= 15 is 0 Å². The summed E-state index contributed by atoms with van der Waals surface area (Å²) in [5.74, 6) is -2.47. The Balaban J connectivity index is 2.59. The molecule has 0 heterocycles. The molecule has 0 radical (unpaired) electrons. The monoisotopic (exact) mass is 542 g/mol. The summed E-state index contributed by atoms with van der Waals surface area (Å²) in [6.45, 7) is 23.0. The third kappa shape index (κ3) is 5.99. The van der Waals surface area contributed by atoms with E-state index in [0.717, 1.165) is 0 Å². The Kier molecular flexibility index (Phi) is 7.66. The predicted molar refractivity (Wildman–Crippen MR) is 156 cm³/mol. The van der Waals surface area contributed by atoms with Gasteiger partial charge in [0.1, 0.15) is 0 Å². The zero-order valence-corrected chi connectivity index (χ0v) is 26.0. The molecule has 2 aliphatic rings. The lowest BCUT2D eigenvalue weighted by Gasteiger charge is -2.35. The minimum atomic E-state index is -0.647. The second kappa shape index (κ2) is 9.87. The van der Waals surface area contributed by atoms with Crippen molar-refractivity contribution in [1.29, 1.82) is 0 Å². The first-order valence-electron chi connectivity index (χ1n) is 13.7. The number of carbonyl (C=O) groups excluding carboxylic acids is 3. The van der Waals surface area contributed by atoms with E-state index in [1.807, 2.05) is 95.2 Å². The van der Waals surface area contributed by atoms with Crippen LogP contribution in [0.4, 0.5) is 0 Å². The molecule has 0 aliphatic heterocycles. The molecule has 0 spiro atoms. The van der Waals surface area contributed by atoms with E-state index in [1.165, 1.54) is 12.2 Å². The van der Waals surface area contributed by atoms with Crippen molar-refractivity contribution in [2.45, 2.75) is 93.9 Å². The smallest absolute Gasteiger partial charge is 0.229 e. The second-order valence-corrected chi connectivity index (χ2v) is 15.0. The largest absolute Gasteiger partial charge is 0.872 e. The highest BCUT2D eigenvalue weighted by Crippen LogP contribution is 2.44. The van der Waals surface area contributed by atoms with Gasteiger partial charge in [-0.1, -0.05) is 107 Å². The molecule has 1 aromatic rings. The third-order valence-electron chi connectivity index (χ3n) is 7.30. The summed E-state index contributed by atoms with van der Waals surface area (Å²) in [4.78, 5) is 38.9. The quantitative estimate of drug-likeness (QED) is 0.339. The molecule has 214 valence electrons. The summed E-state index contributed by atoms with van der Waals surface area (Å²) >= 11 is 0. The average Bonchev–Trinajstić information content (AvgIpc) is 2.76. The van der Waals surface area contributed by atoms with Gasteiger partial charge in [-0.15, -0.1) is 5.75 Å². The van der Waals surface area contributed by atoms with Crippen LogP contribution in [0.3, 0.4) is 0 Å². The van der Waals surface area contributed by atoms with Crippen molar-refractivity contribution in [2.24, 2.45) is 10.8 Å². The van der Waals surface area contributed by atoms with Gasteiger partial charge in [0.25, 0.3) is 0 Å². The van der Waals surface area contributed by atoms with E-state index in [-0.39, 0.29) is 5.75 Å². The Hall–Kier alpha value is -3.47. The van der Waals surface area contributed by atoms with Gasteiger partial charge in [-0.3, -0.25) is 14.4 Å². The van der Waals surface area contributed by atoms with Crippen LogP contribution in [0.25, 0.3) is 5.57 Å². The van der Waals surface area contributed by atoms with E-state index in [0.29, 0.717) is 44.6 Å². The maximum atomic E-state index is 13.7. The Bertz CT molecular complexity index is 1420. The lowest BCUT2D eigenvalue weighted by Crippen LogP contribution is -2.28. The van der Waals surface area contributed by atoms with Crippen molar-refractivity contribution in [3.05, 3.63) is 81.2 Å². The van der Waals surface area contributed by atoms with Crippen LogP contribution in [0, 0.1) is 10.8 Å². The van der Waals surface area contributed by atoms with Crippen molar-refractivity contribution >= 4 is 22.9 Å². The van der Waals surface area contributed by atoms with Crippen molar-refractivity contribution in [2.75, 3.05) is 0 Å². The second-order valence-electron chi connectivity index (χ2n) is 15.0. The van der Waals surface area contributed by atoms with Gasteiger partial charge >= 0.3 is 0 Å². The predicted octanol–water partition coefficient (Wildman–Crippen LogP) is 5.96. The topological polar surface area (TPSA) is 97.3 Å². The van der Waals surface area contributed by atoms with Crippen molar-refractivity contribution < 1.29 is 24.6 Å². The molecule has 3 rings (SSSR count). The van der Waals surface area contributed by atoms with E-state index < -0.39 is 44.8 Å². The number of Topliss-reactive ketones (excluding diaryl/α,β-unsaturated/α-hetero) is 2. The van der Waals surface area contributed by atoms with Gasteiger partial charge in [-0.2, -0.15) is 0 Å². The number of allylic oxidation sites excluding steroid dienone is 9. The van der Waals surface area contributed by atoms with E-state index in [1.54, 1.807) is 12.2 Å². The molecular formula is C35H42O5-2. The first-order chi connectivity index (χ1) is 17.9. The highest BCUT2D eigenvalue weighted by Gasteiger charge is 2.34. The van der Waals surface area contributed by atoms with Gasteiger partial charge in [-0.25, -0.2) is 0 Å². The van der Waals surface area contributed by atoms with Crippen LogP contribution < -0.4 is 10.2 Å². The number of hydrogen-bond donors (Lipinski definition) is 0. The van der Waals surface area contributed by atoms with Gasteiger partial charge in [0.15, 0.2) is 5.78 Å². The molecule has 0 saturated carbocycles. The first-order valence-corrected chi connectivity index (χ1v) is 13.7. The lowest BCUT2D eigenvalue weighted by molar-refractivity contribution is -0.297. The molecule has 5 heteroatoms. The third-order valence-corrected chi connectivity index (χ3v) is 7.30. The molecule has 5 nitrogen and oxygen atoms in total. The zero-order chi connectivity index (χ0) is 30.7. The molecule has 0 aromatic heterocycles. The molecular weight excluding hydrogens is 500 g/mol. The molecule has 0 N–H and O–H groups in total. The van der Waals surface area contributed by atoms with Gasteiger partial charge in [0.05, 0.1) is 0 Å². The van der Waals surface area contributed by atoms with Crippen LogP contribution in [0.2, 0.25) is 0 Å². The molecule has 0 atom stereocenters. The minimum Gasteiger partial charge on any atom is -0.872 e. The summed E-state index contributed by atoms with van der Waals surface area (Å²) in [5, 5.41) is 26.7. The fraction of sp³-hybridized carbons (Fsp3) is 0.457. The average molecular weight is 543 g/mol. The summed E-state index contributed by atoms with van der Waals surface area (Å²) < 4.78 is 0. The molecule has 2 aliphatic carbocycles. The summed E-state index contributed by atoms with van der Waals surface area (Å²) in [6, 6.07) is 3.65. The molecule has 0 amide bonds. The van der Waals surface area contributed by atoms with Crippen LogP contribution in [-0.2, 0) is 25.2 Å². The van der Waals surface area contributed by atoms with Crippen LogP contribution in [-0.4, -0.2) is 17.3 Å². The van der Waals surface area contributed by atoms with Crippen molar-refractivity contribution in [1.82, 2.24) is 0 Å². The van der Waals surface area contributed by atoms with Crippen LogP contribution in [0.5, 0.6) is 5.75 Å². The number of carbonyl (C=O) groups is 3. The summed E-state index contributed by atoms with van der Waals surface area (Å²) in [6.07, 6.45) is 6.03. The number of hydrogen-bond acceptors (Lipinski definition) is 5. The molecule has 0 unspecified atom stereocenters. The van der Waals surface area contributed by atoms with Gasteiger partial charge in [0.2, 0.25) is 11.6 Å². The van der Waals surface area contributed by atoms with Gasteiger partial charge < -0.3 is 10.2 Å². The number of rotatable bonds is 2. The van der Waals surface area contributed by atoms with E-state index in [2.05, 4.69) is 0 Å². The lowest BCUT2D eigenvalue weighted by atomic mass is 9.73. The van der Waals surface area contributed by atoms with Gasteiger partial charge in [-0.05, 0) is 73.3 Å². The zero-order valence-electron chi connectivity index (χ0n) is 26.0. The van der Waals surface area contributed by atoms with Gasteiger partial charge in [0, 0.05) is 11.1 Å². The highest BCUT2D eigenvalue weighted by molar-refractivity contribution is 6.49. The van der Waals surface area contributed by atoms with Crippen LogP contribution >= 0.6 is 0 Å². The Morgan fingerprint density at radius 1 is 0.575 bits per heavy atom. The summed E-state index contributed by atoms with van der Waals surface area (Å²) in [7, 11) is 0.